The average Bonchev–Trinajstić information content (AvgIpc) is 3.33. The van der Waals surface area contributed by atoms with Gasteiger partial charge in [0.2, 0.25) is 0 Å². The Kier molecular flexibility index (Phi) is 6.50. The molecule has 0 saturated carbocycles. The highest BCUT2D eigenvalue weighted by Gasteiger charge is 2.47. The summed E-state index contributed by atoms with van der Waals surface area (Å²) in [6.07, 6.45) is -3.51. The van der Waals surface area contributed by atoms with Crippen molar-refractivity contribution in [2.24, 2.45) is 0 Å². The van der Waals surface area contributed by atoms with E-state index in [4.69, 9.17) is 0 Å². The Bertz CT molecular complexity index is 1270. The molecular formula is C28H25F3N4O. The molecule has 2 heterocycles. The second-order valence-corrected chi connectivity index (χ2v) is 8.84. The quantitative estimate of drug-likeness (QED) is 0.343. The Hall–Kier alpha value is -4.07. The van der Waals surface area contributed by atoms with Crippen molar-refractivity contribution in [3.05, 3.63) is 119 Å². The number of alkyl halides is 3. The van der Waals surface area contributed by atoms with Gasteiger partial charge in [-0.3, -0.25) is 4.79 Å². The van der Waals surface area contributed by atoms with E-state index in [9.17, 15) is 18.0 Å². The maximum Gasteiger partial charge on any atom is 0.410 e. The summed E-state index contributed by atoms with van der Waals surface area (Å²) in [5, 5.41) is 10.0. The molecule has 1 amide bonds. The highest BCUT2D eigenvalue weighted by molar-refractivity contribution is 5.99. The van der Waals surface area contributed by atoms with Crippen molar-refractivity contribution < 1.29 is 18.0 Å². The predicted octanol–water partition coefficient (Wildman–Crippen LogP) is 6.11. The summed E-state index contributed by atoms with van der Waals surface area (Å²) in [5.74, 6) is -0.517. The van der Waals surface area contributed by atoms with Gasteiger partial charge in [-0.2, -0.15) is 18.3 Å². The minimum Gasteiger partial charge on any atom is -0.363 e. The fraction of sp³-hybridized carbons (Fsp3) is 0.214. The van der Waals surface area contributed by atoms with Crippen LogP contribution in [-0.2, 0) is 0 Å². The Morgan fingerprint density at radius 3 is 2.06 bits per heavy atom. The standard InChI is InChI=1S/C28H25F3N4O/c29-28(30,31)25-16-24(21-14-8-3-9-15-21)34-26-23(18-33-35(25)26)27(36)32-17-22(19-10-4-1-5-11-19)20-12-6-2-7-13-20/h1-15,18,22,24-25,34H,16-17H2,(H,32,36). The van der Waals surface area contributed by atoms with Crippen molar-refractivity contribution in [3.63, 3.8) is 0 Å². The van der Waals surface area contributed by atoms with Gasteiger partial charge in [0.1, 0.15) is 11.4 Å². The summed E-state index contributed by atoms with van der Waals surface area (Å²) in [7, 11) is 0. The number of fused-ring (bicyclic) bond motifs is 1. The Morgan fingerprint density at radius 1 is 0.944 bits per heavy atom. The highest BCUT2D eigenvalue weighted by Crippen LogP contribution is 2.44. The molecule has 36 heavy (non-hydrogen) atoms. The topological polar surface area (TPSA) is 59.0 Å². The number of aromatic nitrogens is 2. The molecule has 1 aliphatic rings. The number of halogens is 3. The van der Waals surface area contributed by atoms with Gasteiger partial charge < -0.3 is 10.6 Å². The second-order valence-electron chi connectivity index (χ2n) is 8.84. The van der Waals surface area contributed by atoms with Crippen LogP contribution in [0.1, 0.15) is 51.5 Å². The van der Waals surface area contributed by atoms with Crippen LogP contribution in [0.25, 0.3) is 0 Å². The summed E-state index contributed by atoms with van der Waals surface area (Å²) in [4.78, 5) is 13.3. The highest BCUT2D eigenvalue weighted by atomic mass is 19.4. The number of amides is 1. The van der Waals surface area contributed by atoms with Gasteiger partial charge in [-0.15, -0.1) is 0 Å². The first kappa shape index (κ1) is 23.7. The fourth-order valence-electron chi connectivity index (χ4n) is 4.72. The summed E-state index contributed by atoms with van der Waals surface area (Å²) in [5.41, 5.74) is 2.87. The number of rotatable bonds is 6. The molecule has 1 aliphatic heterocycles. The molecule has 5 rings (SSSR count). The van der Waals surface area contributed by atoms with Gasteiger partial charge in [0.15, 0.2) is 6.04 Å². The Labute approximate surface area is 207 Å². The first-order chi connectivity index (χ1) is 17.4. The maximum absolute atomic E-state index is 14.0. The predicted molar refractivity (Wildman–Crippen MR) is 132 cm³/mol. The molecule has 2 N–H and O–H groups in total. The van der Waals surface area contributed by atoms with Crippen LogP contribution in [0.15, 0.2) is 97.2 Å². The average molecular weight is 491 g/mol. The van der Waals surface area contributed by atoms with E-state index in [-0.39, 0.29) is 30.3 Å². The van der Waals surface area contributed by atoms with Crippen molar-refractivity contribution in [2.75, 3.05) is 11.9 Å². The normalized spacial score (nSPS) is 17.3. The maximum atomic E-state index is 14.0. The molecule has 0 bridgehead atoms. The molecule has 0 radical (unpaired) electrons. The number of carbonyl (C=O) groups excluding carboxylic acids is 1. The zero-order valence-corrected chi connectivity index (χ0v) is 19.3. The molecule has 4 aromatic rings. The lowest BCUT2D eigenvalue weighted by molar-refractivity contribution is -0.173. The summed E-state index contributed by atoms with van der Waals surface area (Å²) < 4.78 is 42.8. The van der Waals surface area contributed by atoms with E-state index < -0.39 is 24.2 Å². The van der Waals surface area contributed by atoms with Crippen LogP contribution in [0.2, 0.25) is 0 Å². The number of nitrogens with one attached hydrogen (secondary N) is 2. The lowest BCUT2D eigenvalue weighted by atomic mass is 9.91. The van der Waals surface area contributed by atoms with Gasteiger partial charge >= 0.3 is 6.18 Å². The second kappa shape index (κ2) is 9.89. The molecule has 3 aromatic carbocycles. The van der Waals surface area contributed by atoms with Crippen molar-refractivity contribution in [2.45, 2.75) is 30.6 Å². The third-order valence-electron chi connectivity index (χ3n) is 6.56. The van der Waals surface area contributed by atoms with E-state index in [0.717, 1.165) is 21.4 Å². The third-order valence-corrected chi connectivity index (χ3v) is 6.56. The van der Waals surface area contributed by atoms with Crippen LogP contribution in [0.4, 0.5) is 19.0 Å². The zero-order chi connectivity index (χ0) is 25.1. The van der Waals surface area contributed by atoms with Crippen molar-refractivity contribution >= 4 is 11.7 Å². The monoisotopic (exact) mass is 490 g/mol. The van der Waals surface area contributed by atoms with Crippen LogP contribution in [-0.4, -0.2) is 28.4 Å². The Morgan fingerprint density at radius 2 is 1.50 bits per heavy atom. The molecule has 0 spiro atoms. The molecule has 2 unspecified atom stereocenters. The van der Waals surface area contributed by atoms with Gasteiger partial charge in [0.25, 0.3) is 5.91 Å². The first-order valence-corrected chi connectivity index (χ1v) is 11.8. The lowest BCUT2D eigenvalue weighted by Gasteiger charge is -2.34. The number of hydrogen-bond donors (Lipinski definition) is 2. The van der Waals surface area contributed by atoms with E-state index >= 15 is 0 Å². The SMILES string of the molecule is O=C(NCC(c1ccccc1)c1ccccc1)c1cnn2c1NC(c1ccccc1)CC2C(F)(F)F. The smallest absolute Gasteiger partial charge is 0.363 e. The van der Waals surface area contributed by atoms with Gasteiger partial charge in [0, 0.05) is 18.9 Å². The van der Waals surface area contributed by atoms with Gasteiger partial charge in [0.05, 0.1) is 12.2 Å². The van der Waals surface area contributed by atoms with Crippen molar-refractivity contribution in [1.29, 1.82) is 0 Å². The van der Waals surface area contributed by atoms with E-state index in [2.05, 4.69) is 15.7 Å². The van der Waals surface area contributed by atoms with Crippen molar-refractivity contribution in [1.82, 2.24) is 15.1 Å². The minimum atomic E-state index is -4.50. The third kappa shape index (κ3) is 4.84. The molecule has 1 aromatic heterocycles. The Balaban J connectivity index is 1.42. The molecule has 184 valence electrons. The van der Waals surface area contributed by atoms with Crippen LogP contribution in [0, 0.1) is 0 Å². The molecular weight excluding hydrogens is 465 g/mol. The summed E-state index contributed by atoms with van der Waals surface area (Å²) >= 11 is 0. The summed E-state index contributed by atoms with van der Waals surface area (Å²) in [6, 6.07) is 26.1. The van der Waals surface area contributed by atoms with Crippen LogP contribution in [0.3, 0.4) is 0 Å². The number of anilines is 1. The molecule has 5 nitrogen and oxygen atoms in total. The molecule has 8 heteroatoms. The summed E-state index contributed by atoms with van der Waals surface area (Å²) in [6.45, 7) is 0.280. The van der Waals surface area contributed by atoms with Crippen LogP contribution >= 0.6 is 0 Å². The van der Waals surface area contributed by atoms with Crippen LogP contribution in [0.5, 0.6) is 0 Å². The molecule has 2 atom stereocenters. The van der Waals surface area contributed by atoms with Gasteiger partial charge in [-0.25, -0.2) is 4.68 Å². The first-order valence-electron chi connectivity index (χ1n) is 11.8. The fourth-order valence-corrected chi connectivity index (χ4v) is 4.72. The van der Waals surface area contributed by atoms with E-state index in [0.29, 0.717) is 0 Å². The number of carbonyl (C=O) groups is 1. The van der Waals surface area contributed by atoms with Gasteiger partial charge in [-0.05, 0) is 16.7 Å². The number of nitrogens with zero attached hydrogens (tertiary/aromatic N) is 2. The van der Waals surface area contributed by atoms with E-state index in [1.54, 1.807) is 24.3 Å². The molecule has 0 aliphatic carbocycles. The minimum absolute atomic E-state index is 0.0749. The van der Waals surface area contributed by atoms with Gasteiger partial charge in [-0.1, -0.05) is 91.0 Å². The van der Waals surface area contributed by atoms with E-state index in [1.807, 2.05) is 66.7 Å². The zero-order valence-electron chi connectivity index (χ0n) is 19.3. The molecule has 0 saturated heterocycles. The number of hydrogen-bond acceptors (Lipinski definition) is 3. The van der Waals surface area contributed by atoms with Crippen molar-refractivity contribution in [3.8, 4) is 0 Å². The molecule has 0 fully saturated rings. The largest absolute Gasteiger partial charge is 0.410 e. The van der Waals surface area contributed by atoms with E-state index in [1.165, 1.54) is 6.20 Å². The number of benzene rings is 3. The van der Waals surface area contributed by atoms with Crippen LogP contribution < -0.4 is 10.6 Å². The lowest BCUT2D eigenvalue weighted by Crippen LogP contribution is -2.36.